The molecule has 5 unspecified atom stereocenters. The van der Waals surface area contributed by atoms with Crippen LogP contribution in [0.4, 0.5) is 13.2 Å². The van der Waals surface area contributed by atoms with E-state index in [1.807, 2.05) is 0 Å². The van der Waals surface area contributed by atoms with Crippen LogP contribution in [0.1, 0.15) is 24.3 Å². The van der Waals surface area contributed by atoms with Gasteiger partial charge in [0.25, 0.3) is 0 Å². The number of halogens is 3. The van der Waals surface area contributed by atoms with Crippen molar-refractivity contribution in [1.29, 1.82) is 0 Å². The minimum Gasteiger partial charge on any atom is -0.466 e. The van der Waals surface area contributed by atoms with Gasteiger partial charge < -0.3 is 24.1 Å². The number of carbonyl (C=O) groups excluding carboxylic acids is 1. The van der Waals surface area contributed by atoms with Gasteiger partial charge in [-0.25, -0.2) is 0 Å². The van der Waals surface area contributed by atoms with Crippen molar-refractivity contribution in [3.8, 4) is 0 Å². The second kappa shape index (κ2) is 6.73. The Kier molecular flexibility index (Phi) is 4.66. The number of hydrogen-bond donors (Lipinski definition) is 1. The summed E-state index contributed by atoms with van der Waals surface area (Å²) in [5.74, 6) is -1.35. The molecule has 7 atom stereocenters. The fourth-order valence-corrected chi connectivity index (χ4v) is 3.81. The van der Waals surface area contributed by atoms with Gasteiger partial charge in [0.05, 0.1) is 36.9 Å². The molecule has 6 nitrogen and oxygen atoms in total. The van der Waals surface area contributed by atoms with Gasteiger partial charge in [0, 0.05) is 11.5 Å². The second-order valence-corrected chi connectivity index (χ2v) is 6.87. The molecule has 2 heterocycles. The normalized spacial score (nSPS) is 37.9. The number of hydrogen-bond acceptors (Lipinski definition) is 6. The summed E-state index contributed by atoms with van der Waals surface area (Å²) < 4.78 is 60.2. The van der Waals surface area contributed by atoms with E-state index < -0.39 is 60.3 Å². The van der Waals surface area contributed by atoms with E-state index in [1.165, 1.54) is 12.1 Å². The number of esters is 1. The van der Waals surface area contributed by atoms with Crippen LogP contribution in [0, 0.1) is 11.8 Å². The van der Waals surface area contributed by atoms with Crippen LogP contribution < -0.4 is 0 Å². The van der Waals surface area contributed by atoms with Crippen LogP contribution >= 0.6 is 0 Å². The molecule has 4 rings (SSSR count). The highest BCUT2D eigenvalue weighted by Gasteiger charge is 2.67. The maximum atomic E-state index is 12.7. The first-order valence-corrected chi connectivity index (χ1v) is 8.75. The van der Waals surface area contributed by atoms with Crippen molar-refractivity contribution in [2.75, 3.05) is 13.2 Å². The molecule has 0 bridgehead atoms. The summed E-state index contributed by atoms with van der Waals surface area (Å²) >= 11 is 0. The molecule has 148 valence electrons. The Balaban J connectivity index is 1.45. The highest BCUT2D eigenvalue weighted by atomic mass is 19.4. The second-order valence-electron chi connectivity index (χ2n) is 6.87. The summed E-state index contributed by atoms with van der Waals surface area (Å²) in [6.07, 6.45) is -7.98. The average Bonchev–Trinajstić information content (AvgIpc) is 3.36. The number of benzene rings is 1. The first-order valence-electron chi connectivity index (χ1n) is 8.75. The third kappa shape index (κ3) is 3.33. The Morgan fingerprint density at radius 3 is 2.56 bits per heavy atom. The zero-order valence-electron chi connectivity index (χ0n) is 14.4. The molecule has 1 aliphatic carbocycles. The lowest BCUT2D eigenvalue weighted by Crippen LogP contribution is -2.53. The molecular formula is C18H19F3O6. The molecule has 3 aliphatic rings. The van der Waals surface area contributed by atoms with Crippen LogP contribution in [0.3, 0.4) is 0 Å². The van der Waals surface area contributed by atoms with Crippen LogP contribution in [-0.2, 0) is 29.9 Å². The van der Waals surface area contributed by atoms with Gasteiger partial charge in [-0.3, -0.25) is 4.79 Å². The Morgan fingerprint density at radius 2 is 1.93 bits per heavy atom. The van der Waals surface area contributed by atoms with E-state index in [4.69, 9.17) is 18.9 Å². The van der Waals surface area contributed by atoms with Crippen molar-refractivity contribution in [2.45, 2.75) is 43.8 Å². The molecule has 1 saturated carbocycles. The summed E-state index contributed by atoms with van der Waals surface area (Å²) in [6.45, 7) is 2.05. The lowest BCUT2D eigenvalue weighted by atomic mass is 9.99. The first-order chi connectivity index (χ1) is 12.8. The molecule has 1 aromatic carbocycles. The predicted octanol–water partition coefficient (Wildman–Crippen LogP) is 2.06. The monoisotopic (exact) mass is 388 g/mol. The third-order valence-electron chi connectivity index (χ3n) is 5.20. The summed E-state index contributed by atoms with van der Waals surface area (Å²) in [7, 11) is 0. The molecule has 1 N–H and O–H groups in total. The molecule has 3 fully saturated rings. The Morgan fingerprint density at radius 1 is 1.22 bits per heavy atom. The highest BCUT2D eigenvalue weighted by molar-refractivity contribution is 5.77. The summed E-state index contributed by atoms with van der Waals surface area (Å²) in [5.41, 5.74) is -0.354. The molecule has 0 aromatic heterocycles. The lowest BCUT2D eigenvalue weighted by molar-refractivity contribution is -0.300. The molecular weight excluding hydrogens is 369 g/mol. The number of alkyl halides is 3. The van der Waals surface area contributed by atoms with Crippen LogP contribution in [-0.4, -0.2) is 48.7 Å². The minimum atomic E-state index is -4.42. The largest absolute Gasteiger partial charge is 0.466 e. The predicted molar refractivity (Wildman–Crippen MR) is 83.3 cm³/mol. The molecule has 0 spiro atoms. The summed E-state index contributed by atoms with van der Waals surface area (Å²) in [6, 6.07) is 4.47. The zero-order valence-corrected chi connectivity index (χ0v) is 14.4. The van der Waals surface area contributed by atoms with E-state index in [2.05, 4.69) is 0 Å². The Labute approximate surface area is 153 Å². The van der Waals surface area contributed by atoms with E-state index in [1.54, 1.807) is 6.92 Å². The van der Waals surface area contributed by atoms with Gasteiger partial charge in [-0.2, -0.15) is 13.2 Å². The first kappa shape index (κ1) is 18.7. The Bertz CT molecular complexity index is 706. The lowest BCUT2D eigenvalue weighted by Gasteiger charge is -2.41. The fourth-order valence-electron chi connectivity index (χ4n) is 3.81. The zero-order chi connectivity index (χ0) is 19.3. The van der Waals surface area contributed by atoms with E-state index in [-0.39, 0.29) is 13.2 Å². The van der Waals surface area contributed by atoms with E-state index in [9.17, 15) is 23.1 Å². The topological polar surface area (TPSA) is 74.2 Å². The molecule has 0 radical (unpaired) electrons. The third-order valence-corrected chi connectivity index (χ3v) is 5.20. The molecule has 0 amide bonds. The summed E-state index contributed by atoms with van der Waals surface area (Å²) in [5, 5.41) is 10.6. The van der Waals surface area contributed by atoms with Gasteiger partial charge in [-0.15, -0.1) is 0 Å². The highest BCUT2D eigenvalue weighted by Crippen LogP contribution is 2.52. The number of carbonyl (C=O) groups is 1. The molecule has 2 aliphatic heterocycles. The van der Waals surface area contributed by atoms with Gasteiger partial charge in [-0.1, -0.05) is 12.1 Å². The van der Waals surface area contributed by atoms with Gasteiger partial charge in [0.2, 0.25) is 0 Å². The molecule has 1 aromatic rings. The maximum Gasteiger partial charge on any atom is 0.416 e. The number of rotatable bonds is 3. The quantitative estimate of drug-likeness (QED) is 0.799. The molecule has 2 saturated heterocycles. The number of aliphatic hydroxyl groups is 1. The maximum absolute atomic E-state index is 12.7. The van der Waals surface area contributed by atoms with Gasteiger partial charge >= 0.3 is 12.1 Å². The Hall–Kier alpha value is -1.68. The van der Waals surface area contributed by atoms with Crippen molar-refractivity contribution in [3.63, 3.8) is 0 Å². The van der Waals surface area contributed by atoms with E-state index in [0.29, 0.717) is 5.56 Å². The molecule has 27 heavy (non-hydrogen) atoms. The van der Waals surface area contributed by atoms with Crippen molar-refractivity contribution < 1.29 is 42.0 Å². The van der Waals surface area contributed by atoms with Crippen molar-refractivity contribution in [1.82, 2.24) is 0 Å². The summed E-state index contributed by atoms with van der Waals surface area (Å²) in [4.78, 5) is 11.9. The SMILES string of the molecule is CCOC(=O)[C@@H]1C2OC3COC(c4ccc(C(F)(F)F)cc4)OC3[C@H](O)C21. The number of ether oxygens (including phenoxy) is 4. The van der Waals surface area contributed by atoms with Crippen molar-refractivity contribution >= 4 is 5.97 Å². The number of aliphatic hydroxyl groups excluding tert-OH is 1. The molecule has 9 heteroatoms. The standard InChI is InChI=1S/C18H19F3O6/c1-2-24-16(23)12-11-13(22)14-10(26-15(11)12)7-25-17(27-14)8-3-5-9(6-4-8)18(19,20)21/h3-6,10-15,17,22H,2,7H2,1H3/t10?,11?,12-,13+,14?,15?,17?/m0/s1. The van der Waals surface area contributed by atoms with Gasteiger partial charge in [-0.05, 0) is 19.1 Å². The van der Waals surface area contributed by atoms with Crippen molar-refractivity contribution in [3.05, 3.63) is 35.4 Å². The van der Waals surface area contributed by atoms with E-state index in [0.717, 1.165) is 12.1 Å². The van der Waals surface area contributed by atoms with Gasteiger partial charge in [0.15, 0.2) is 6.29 Å². The minimum absolute atomic E-state index is 0.103. The van der Waals surface area contributed by atoms with Crippen LogP contribution in [0.2, 0.25) is 0 Å². The van der Waals surface area contributed by atoms with Crippen LogP contribution in [0.25, 0.3) is 0 Å². The smallest absolute Gasteiger partial charge is 0.416 e. The van der Waals surface area contributed by atoms with Gasteiger partial charge in [0.1, 0.15) is 12.2 Å². The van der Waals surface area contributed by atoms with Crippen LogP contribution in [0.15, 0.2) is 24.3 Å². The number of fused-ring (bicyclic) bond motifs is 2. The van der Waals surface area contributed by atoms with Crippen LogP contribution in [0.5, 0.6) is 0 Å². The average molecular weight is 388 g/mol. The van der Waals surface area contributed by atoms with E-state index >= 15 is 0 Å². The van der Waals surface area contributed by atoms with Crippen molar-refractivity contribution in [2.24, 2.45) is 11.8 Å². The fraction of sp³-hybridized carbons (Fsp3) is 0.611.